The van der Waals surface area contributed by atoms with Crippen LogP contribution in [0.4, 0.5) is 5.82 Å². The van der Waals surface area contributed by atoms with Gasteiger partial charge in [-0.1, -0.05) is 18.2 Å². The van der Waals surface area contributed by atoms with Crippen LogP contribution in [-0.4, -0.2) is 67.0 Å². The molecule has 0 bridgehead atoms. The smallest absolute Gasteiger partial charge is 0.154 e. The maximum absolute atomic E-state index is 6.50. The Morgan fingerprint density at radius 2 is 2.09 bits per heavy atom. The molecule has 1 unspecified atom stereocenters. The first-order valence-electron chi connectivity index (χ1n) is 7.77. The van der Waals surface area contributed by atoms with Crippen LogP contribution in [-0.2, 0) is 0 Å². The molecule has 1 atom stereocenters. The van der Waals surface area contributed by atoms with Crippen molar-refractivity contribution in [1.29, 1.82) is 0 Å². The summed E-state index contributed by atoms with van der Waals surface area (Å²) in [5, 5.41) is 0.575. The van der Waals surface area contributed by atoms with Gasteiger partial charge in [0.05, 0.1) is 11.7 Å². The molecule has 0 saturated carbocycles. The first kappa shape index (κ1) is 14.8. The summed E-state index contributed by atoms with van der Waals surface area (Å²) >= 11 is 6.50. The summed E-state index contributed by atoms with van der Waals surface area (Å²) in [5.74, 6) is 3.09. The van der Waals surface area contributed by atoms with E-state index in [2.05, 4.69) is 28.4 Å². The maximum Gasteiger partial charge on any atom is 0.154 e. The Kier molecular flexibility index (Phi) is 3.28. The summed E-state index contributed by atoms with van der Waals surface area (Å²) in [6, 6.07) is 0.250. The Balaban J connectivity index is 1.94. The van der Waals surface area contributed by atoms with Gasteiger partial charge in [0.25, 0.3) is 0 Å². The van der Waals surface area contributed by atoms with Crippen molar-refractivity contribution in [2.75, 3.05) is 45.2 Å². The number of aliphatic imine (C=N–C) groups is 1. The number of aromatic nitrogens is 1. The maximum atomic E-state index is 6.50. The Bertz CT molecular complexity index is 732. The third-order valence-electron chi connectivity index (χ3n) is 4.78. The molecule has 1 fully saturated rings. The Hall–Kier alpha value is -1.79. The van der Waals surface area contributed by atoms with Gasteiger partial charge in [0.15, 0.2) is 5.75 Å². The minimum absolute atomic E-state index is 0.250. The summed E-state index contributed by atoms with van der Waals surface area (Å²) in [7, 11) is 4.06. The molecule has 0 N–H and O–H groups in total. The number of hydrogen-bond donors (Lipinski definition) is 0. The van der Waals surface area contributed by atoms with Crippen LogP contribution in [0.5, 0.6) is 5.75 Å². The fraction of sp³-hybridized carbons (Fsp3) is 0.500. The molecule has 0 radical (unpaired) electrons. The molecule has 3 aliphatic rings. The van der Waals surface area contributed by atoms with Crippen LogP contribution >= 0.6 is 11.6 Å². The normalized spacial score (nSPS) is 23.7. The van der Waals surface area contributed by atoms with E-state index in [0.717, 1.165) is 42.5 Å². The Morgan fingerprint density at radius 1 is 1.30 bits per heavy atom. The quantitative estimate of drug-likeness (QED) is 0.723. The number of ether oxygens (including phenoxy) is 1. The molecule has 1 saturated heterocycles. The second-order valence-electron chi connectivity index (χ2n) is 6.37. The summed E-state index contributed by atoms with van der Waals surface area (Å²) in [4.78, 5) is 16.0. The van der Waals surface area contributed by atoms with Gasteiger partial charge in [-0.2, -0.15) is 0 Å². The zero-order valence-corrected chi connectivity index (χ0v) is 14.4. The Labute approximate surface area is 141 Å². The van der Waals surface area contributed by atoms with Gasteiger partial charge in [-0.25, -0.2) is 9.98 Å². The van der Waals surface area contributed by atoms with E-state index in [9.17, 15) is 0 Å². The lowest BCUT2D eigenvalue weighted by atomic mass is 10.1. The second-order valence-corrected chi connectivity index (χ2v) is 6.75. The van der Waals surface area contributed by atoms with E-state index in [1.165, 1.54) is 0 Å². The van der Waals surface area contributed by atoms with Crippen LogP contribution in [0, 0.1) is 6.92 Å². The van der Waals surface area contributed by atoms with Crippen molar-refractivity contribution in [3.05, 3.63) is 28.7 Å². The molecule has 3 aliphatic heterocycles. The van der Waals surface area contributed by atoms with E-state index in [1.807, 2.05) is 18.9 Å². The summed E-state index contributed by atoms with van der Waals surface area (Å²) in [6.07, 6.45) is 0. The van der Waals surface area contributed by atoms with E-state index in [4.69, 9.17) is 21.3 Å². The highest BCUT2D eigenvalue weighted by Gasteiger charge is 2.39. The van der Waals surface area contributed by atoms with Crippen LogP contribution in [0.2, 0.25) is 5.02 Å². The Morgan fingerprint density at radius 3 is 2.87 bits per heavy atom. The fourth-order valence-corrected chi connectivity index (χ4v) is 3.61. The van der Waals surface area contributed by atoms with Gasteiger partial charge >= 0.3 is 0 Å². The molecule has 0 spiro atoms. The lowest BCUT2D eigenvalue weighted by molar-refractivity contribution is 0.114. The number of anilines is 1. The number of pyridine rings is 1. The highest BCUT2D eigenvalue weighted by atomic mass is 35.5. The summed E-state index contributed by atoms with van der Waals surface area (Å²) < 4.78 is 6.13. The lowest BCUT2D eigenvalue weighted by Gasteiger charge is -2.41. The van der Waals surface area contributed by atoms with Gasteiger partial charge in [0, 0.05) is 26.7 Å². The van der Waals surface area contributed by atoms with E-state index >= 15 is 0 Å². The molecule has 4 heterocycles. The number of aryl methyl sites for hydroxylation is 1. The average Bonchev–Trinajstić information content (AvgIpc) is 2.67. The van der Waals surface area contributed by atoms with Crippen molar-refractivity contribution in [1.82, 2.24) is 14.8 Å². The van der Waals surface area contributed by atoms with Crippen LogP contribution in [0.1, 0.15) is 11.3 Å². The SMILES string of the molecule is C=C1N=C2c3c(nc(C)c(Cl)c3OCC3CN(C)CCN23)N1C. The van der Waals surface area contributed by atoms with E-state index in [0.29, 0.717) is 23.2 Å². The predicted molar refractivity (Wildman–Crippen MR) is 91.6 cm³/mol. The van der Waals surface area contributed by atoms with E-state index < -0.39 is 0 Å². The second kappa shape index (κ2) is 5.11. The lowest BCUT2D eigenvalue weighted by Crippen LogP contribution is -2.56. The zero-order chi connectivity index (χ0) is 16.3. The molecule has 7 heteroatoms. The fourth-order valence-electron chi connectivity index (χ4n) is 3.41. The number of likely N-dealkylation sites (N-methyl/N-ethyl adjacent to an activating group) is 1. The van der Waals surface area contributed by atoms with Gasteiger partial charge in [0.2, 0.25) is 0 Å². The first-order chi connectivity index (χ1) is 11.0. The van der Waals surface area contributed by atoms with Crippen LogP contribution in [0.15, 0.2) is 17.4 Å². The van der Waals surface area contributed by atoms with Gasteiger partial charge in [0.1, 0.15) is 34.7 Å². The molecule has 6 nitrogen and oxygen atoms in total. The highest BCUT2D eigenvalue weighted by Crippen LogP contribution is 2.42. The van der Waals surface area contributed by atoms with Crippen LogP contribution in [0.3, 0.4) is 0 Å². The van der Waals surface area contributed by atoms with E-state index in [1.54, 1.807) is 0 Å². The number of fused-ring (bicyclic) bond motifs is 2. The minimum atomic E-state index is 0.250. The molecular formula is C16H20ClN5O. The first-order valence-corrected chi connectivity index (χ1v) is 8.15. The summed E-state index contributed by atoms with van der Waals surface area (Å²) in [6.45, 7) is 9.40. The van der Waals surface area contributed by atoms with Crippen molar-refractivity contribution in [3.8, 4) is 5.75 Å². The van der Waals surface area contributed by atoms with Crippen LogP contribution in [0.25, 0.3) is 0 Å². The number of halogens is 1. The number of nitrogens with zero attached hydrogens (tertiary/aromatic N) is 5. The van der Waals surface area contributed by atoms with Crippen molar-refractivity contribution in [3.63, 3.8) is 0 Å². The topological polar surface area (TPSA) is 44.2 Å². The molecule has 1 aromatic heterocycles. The number of piperazine rings is 1. The van der Waals surface area contributed by atoms with Gasteiger partial charge in [-0.15, -0.1) is 0 Å². The number of hydrogen-bond acceptors (Lipinski definition) is 6. The van der Waals surface area contributed by atoms with E-state index in [-0.39, 0.29) is 6.04 Å². The van der Waals surface area contributed by atoms with Crippen molar-refractivity contribution in [2.45, 2.75) is 13.0 Å². The monoisotopic (exact) mass is 333 g/mol. The van der Waals surface area contributed by atoms with Crippen molar-refractivity contribution in [2.24, 2.45) is 4.99 Å². The molecule has 23 heavy (non-hydrogen) atoms. The van der Waals surface area contributed by atoms with Crippen LogP contribution < -0.4 is 9.64 Å². The van der Waals surface area contributed by atoms with Crippen molar-refractivity contribution >= 4 is 23.3 Å². The standard InChI is InChI=1S/C16H20ClN5O/c1-9-13(17)14-12-15(18-9)21(4)10(2)19-16(12)22-6-5-20(3)7-11(22)8-23-14/h11H,2,5-8H2,1,3-4H3. The van der Waals surface area contributed by atoms with Crippen molar-refractivity contribution < 1.29 is 4.74 Å². The highest BCUT2D eigenvalue weighted by molar-refractivity contribution is 6.33. The third-order valence-corrected chi connectivity index (χ3v) is 5.23. The van der Waals surface area contributed by atoms with Gasteiger partial charge in [-0.05, 0) is 14.0 Å². The molecule has 0 aromatic carbocycles. The molecule has 0 amide bonds. The molecule has 4 rings (SSSR count). The van der Waals surface area contributed by atoms with Gasteiger partial charge in [-0.3, -0.25) is 0 Å². The minimum Gasteiger partial charge on any atom is -0.489 e. The summed E-state index contributed by atoms with van der Waals surface area (Å²) in [5.41, 5.74) is 1.65. The number of rotatable bonds is 0. The molecular weight excluding hydrogens is 314 g/mol. The molecule has 1 aromatic rings. The molecule has 122 valence electrons. The zero-order valence-electron chi connectivity index (χ0n) is 13.6. The third kappa shape index (κ3) is 2.12. The largest absolute Gasteiger partial charge is 0.489 e. The average molecular weight is 334 g/mol. The number of amidine groups is 1. The van der Waals surface area contributed by atoms with Gasteiger partial charge < -0.3 is 19.4 Å². The molecule has 0 aliphatic carbocycles. The predicted octanol–water partition coefficient (Wildman–Crippen LogP) is 1.72.